The van der Waals surface area contributed by atoms with E-state index in [4.69, 9.17) is 0 Å². The van der Waals surface area contributed by atoms with Crippen LogP contribution in [0.3, 0.4) is 0 Å². The lowest BCUT2D eigenvalue weighted by Gasteiger charge is -2.17. The summed E-state index contributed by atoms with van der Waals surface area (Å²) in [6.07, 6.45) is 0.818. The number of thioether (sulfide) groups is 1. The van der Waals surface area contributed by atoms with Crippen LogP contribution < -0.4 is 5.43 Å². The van der Waals surface area contributed by atoms with Crippen LogP contribution in [0.25, 0.3) is 10.2 Å². The molecule has 1 aromatic heterocycles. The third-order valence-electron chi connectivity index (χ3n) is 3.43. The molecule has 2 aromatic carbocycles. The van der Waals surface area contributed by atoms with Gasteiger partial charge in [0, 0.05) is 22.6 Å². The van der Waals surface area contributed by atoms with E-state index in [1.54, 1.807) is 29.2 Å². The normalized spacial score (nSPS) is 16.0. The topological polar surface area (TPSA) is 37.3 Å². The van der Waals surface area contributed by atoms with Crippen molar-refractivity contribution >= 4 is 44.2 Å². The number of nitrogens with one attached hydrogen (secondary N) is 1. The van der Waals surface area contributed by atoms with Crippen molar-refractivity contribution in [3.8, 4) is 0 Å². The van der Waals surface area contributed by atoms with Gasteiger partial charge in [0.25, 0.3) is 0 Å². The van der Waals surface area contributed by atoms with Crippen LogP contribution in [0.5, 0.6) is 0 Å². The Labute approximate surface area is 135 Å². The van der Waals surface area contributed by atoms with Crippen molar-refractivity contribution < 1.29 is 4.39 Å². The lowest BCUT2D eigenvalue weighted by molar-refractivity contribution is 0.626. The zero-order valence-corrected chi connectivity index (χ0v) is 13.2. The van der Waals surface area contributed by atoms with E-state index in [0.29, 0.717) is 0 Å². The van der Waals surface area contributed by atoms with E-state index >= 15 is 0 Å². The van der Waals surface area contributed by atoms with Crippen LogP contribution in [-0.2, 0) is 0 Å². The number of hydrogen-bond acceptors (Lipinski definition) is 5. The standard InChI is InChI=1S/C16H12FN3S2/c17-10-5-6-14-11(9-10)12(7-8-21-14)19-20-16-18-13-3-1-2-4-15(13)22-16/h1-6,9H,7-8H2,(H,18,20)/b19-12+. The Hall–Kier alpha value is -1.92. The van der Waals surface area contributed by atoms with Crippen molar-refractivity contribution in [1.82, 2.24) is 4.98 Å². The van der Waals surface area contributed by atoms with Gasteiger partial charge < -0.3 is 0 Å². The molecule has 0 aliphatic carbocycles. The molecule has 3 nitrogen and oxygen atoms in total. The summed E-state index contributed by atoms with van der Waals surface area (Å²) >= 11 is 3.30. The molecule has 0 atom stereocenters. The van der Waals surface area contributed by atoms with Gasteiger partial charge in [-0.25, -0.2) is 9.37 Å². The molecular weight excluding hydrogens is 317 g/mol. The highest BCUT2D eigenvalue weighted by Gasteiger charge is 2.17. The third-order valence-corrected chi connectivity index (χ3v) is 5.45. The van der Waals surface area contributed by atoms with Crippen molar-refractivity contribution in [1.29, 1.82) is 0 Å². The number of hydrogen-bond donors (Lipinski definition) is 1. The maximum atomic E-state index is 13.5. The van der Waals surface area contributed by atoms with E-state index in [1.165, 1.54) is 6.07 Å². The first-order valence-corrected chi connectivity index (χ1v) is 8.71. The second kappa shape index (κ2) is 5.70. The van der Waals surface area contributed by atoms with Gasteiger partial charge in [0.05, 0.1) is 15.9 Å². The molecule has 22 heavy (non-hydrogen) atoms. The minimum absolute atomic E-state index is 0.228. The van der Waals surface area contributed by atoms with E-state index in [9.17, 15) is 4.39 Å². The minimum atomic E-state index is -0.228. The zero-order chi connectivity index (χ0) is 14.9. The summed E-state index contributed by atoms with van der Waals surface area (Å²) in [4.78, 5) is 5.57. The molecule has 4 rings (SSSR count). The van der Waals surface area contributed by atoms with E-state index in [0.717, 1.165) is 43.7 Å². The fourth-order valence-corrected chi connectivity index (χ4v) is 4.22. The number of nitrogens with zero attached hydrogens (tertiary/aromatic N) is 2. The number of para-hydroxylation sites is 1. The van der Waals surface area contributed by atoms with Gasteiger partial charge in [-0.3, -0.25) is 5.43 Å². The number of hydrazone groups is 1. The Morgan fingerprint density at radius 1 is 1.18 bits per heavy atom. The molecule has 0 fully saturated rings. The Morgan fingerprint density at radius 2 is 2.09 bits per heavy atom. The maximum absolute atomic E-state index is 13.5. The smallest absolute Gasteiger partial charge is 0.204 e. The lowest BCUT2D eigenvalue weighted by Crippen LogP contribution is -2.12. The molecule has 110 valence electrons. The predicted molar refractivity (Wildman–Crippen MR) is 91.5 cm³/mol. The molecule has 0 bridgehead atoms. The van der Waals surface area contributed by atoms with Gasteiger partial charge in [0.15, 0.2) is 0 Å². The average molecular weight is 329 g/mol. The van der Waals surface area contributed by atoms with E-state index in [1.807, 2.05) is 30.3 Å². The molecule has 1 aliphatic rings. The van der Waals surface area contributed by atoms with Crippen molar-refractivity contribution in [3.05, 3.63) is 53.8 Å². The molecule has 1 aliphatic heterocycles. The third kappa shape index (κ3) is 2.60. The largest absolute Gasteiger partial charge is 0.252 e. The number of rotatable bonds is 2. The van der Waals surface area contributed by atoms with E-state index in [-0.39, 0.29) is 5.82 Å². The maximum Gasteiger partial charge on any atom is 0.204 e. The predicted octanol–water partition coefficient (Wildman–Crippen LogP) is 4.75. The summed E-state index contributed by atoms with van der Waals surface area (Å²) in [5.41, 5.74) is 5.75. The van der Waals surface area contributed by atoms with Crippen LogP contribution in [0.15, 0.2) is 52.5 Å². The number of anilines is 1. The van der Waals surface area contributed by atoms with Gasteiger partial charge in [0.2, 0.25) is 5.13 Å². The number of halogens is 1. The zero-order valence-electron chi connectivity index (χ0n) is 11.5. The number of fused-ring (bicyclic) bond motifs is 2. The monoisotopic (exact) mass is 329 g/mol. The number of thiazole rings is 1. The van der Waals surface area contributed by atoms with Gasteiger partial charge >= 0.3 is 0 Å². The molecule has 0 spiro atoms. The SMILES string of the molecule is Fc1ccc2c(c1)/C(=N/Nc1nc3ccccc3s1)CCS2. The van der Waals surface area contributed by atoms with Gasteiger partial charge in [0.1, 0.15) is 5.82 Å². The fraction of sp³-hybridized carbons (Fsp3) is 0.125. The molecule has 2 heterocycles. The van der Waals surface area contributed by atoms with E-state index in [2.05, 4.69) is 15.5 Å². The van der Waals surface area contributed by atoms with Gasteiger partial charge in [-0.05, 0) is 30.3 Å². The second-order valence-electron chi connectivity index (χ2n) is 4.90. The first-order valence-electron chi connectivity index (χ1n) is 6.90. The Balaban J connectivity index is 1.65. The summed E-state index contributed by atoms with van der Waals surface area (Å²) in [6.45, 7) is 0. The summed E-state index contributed by atoms with van der Waals surface area (Å²) in [5, 5.41) is 5.22. The van der Waals surface area contributed by atoms with Gasteiger partial charge in [-0.15, -0.1) is 11.8 Å². The second-order valence-corrected chi connectivity index (χ2v) is 7.06. The summed E-state index contributed by atoms with van der Waals surface area (Å²) in [5.74, 6) is 0.729. The first kappa shape index (κ1) is 13.7. The Morgan fingerprint density at radius 3 is 3.00 bits per heavy atom. The Bertz CT molecular complexity index is 840. The van der Waals surface area contributed by atoms with Gasteiger partial charge in [-0.2, -0.15) is 5.10 Å². The van der Waals surface area contributed by atoms with Crippen LogP contribution in [0.2, 0.25) is 0 Å². The minimum Gasteiger partial charge on any atom is -0.252 e. The quantitative estimate of drug-likeness (QED) is 0.690. The van der Waals surface area contributed by atoms with Gasteiger partial charge in [-0.1, -0.05) is 23.5 Å². The van der Waals surface area contributed by atoms with Crippen molar-refractivity contribution in [2.75, 3.05) is 11.2 Å². The van der Waals surface area contributed by atoms with Crippen LogP contribution in [0, 0.1) is 5.82 Å². The van der Waals surface area contributed by atoms with Crippen LogP contribution in [0.4, 0.5) is 9.52 Å². The number of benzene rings is 2. The summed E-state index contributed by atoms with van der Waals surface area (Å²) in [7, 11) is 0. The molecule has 0 saturated heterocycles. The summed E-state index contributed by atoms with van der Waals surface area (Å²) in [6, 6.07) is 12.8. The van der Waals surface area contributed by atoms with Crippen LogP contribution in [0.1, 0.15) is 12.0 Å². The molecule has 0 amide bonds. The van der Waals surface area contributed by atoms with Crippen molar-refractivity contribution in [2.24, 2.45) is 5.10 Å². The highest BCUT2D eigenvalue weighted by atomic mass is 32.2. The Kier molecular flexibility index (Phi) is 3.56. The van der Waals surface area contributed by atoms with Crippen LogP contribution in [-0.4, -0.2) is 16.4 Å². The lowest BCUT2D eigenvalue weighted by atomic mass is 10.1. The molecule has 1 N–H and O–H groups in total. The highest BCUT2D eigenvalue weighted by Crippen LogP contribution is 2.31. The molecule has 3 aromatic rings. The molecular formula is C16H12FN3S2. The van der Waals surface area contributed by atoms with Crippen molar-refractivity contribution in [2.45, 2.75) is 11.3 Å². The summed E-state index contributed by atoms with van der Waals surface area (Å²) < 4.78 is 14.6. The first-order chi connectivity index (χ1) is 10.8. The van der Waals surface area contributed by atoms with E-state index < -0.39 is 0 Å². The van der Waals surface area contributed by atoms with Crippen LogP contribution >= 0.6 is 23.1 Å². The fourth-order valence-electron chi connectivity index (χ4n) is 2.40. The number of aromatic nitrogens is 1. The molecule has 0 radical (unpaired) electrons. The van der Waals surface area contributed by atoms with Crippen molar-refractivity contribution in [3.63, 3.8) is 0 Å². The average Bonchev–Trinajstić information content (AvgIpc) is 2.95. The molecule has 0 saturated carbocycles. The molecule has 0 unspecified atom stereocenters. The highest BCUT2D eigenvalue weighted by molar-refractivity contribution is 7.99. The molecule has 6 heteroatoms.